The summed E-state index contributed by atoms with van der Waals surface area (Å²) in [5, 5.41) is 16.0. The second-order valence-corrected chi connectivity index (χ2v) is 7.52. The Morgan fingerprint density at radius 2 is 2.15 bits per heavy atom. The Labute approximate surface area is 155 Å². The van der Waals surface area contributed by atoms with Crippen molar-refractivity contribution in [3.05, 3.63) is 46.7 Å². The first-order valence-corrected chi connectivity index (χ1v) is 9.66. The Kier molecular flexibility index (Phi) is 3.74. The zero-order chi connectivity index (χ0) is 17.7. The number of piperazine rings is 1. The third kappa shape index (κ3) is 2.59. The van der Waals surface area contributed by atoms with Crippen LogP contribution in [0.2, 0.25) is 0 Å². The lowest BCUT2D eigenvalue weighted by molar-refractivity contribution is 0.0318. The lowest BCUT2D eigenvalue weighted by Gasteiger charge is -2.31. The second kappa shape index (κ2) is 6.12. The van der Waals surface area contributed by atoms with E-state index >= 15 is 0 Å². The van der Waals surface area contributed by atoms with Crippen molar-refractivity contribution in [1.82, 2.24) is 14.7 Å². The zero-order valence-electron chi connectivity index (χ0n) is 14.5. The summed E-state index contributed by atoms with van der Waals surface area (Å²) in [6.07, 6.45) is 2.93. The number of imidazole rings is 1. The SMILES string of the molecule is Cc1csc2nc(C3=Cc4ccc(N5CCNCC5)cc4OC3O)cn12. The Hall–Kier alpha value is -2.35. The topological polar surface area (TPSA) is 62.0 Å². The molecule has 1 aromatic carbocycles. The molecule has 26 heavy (non-hydrogen) atoms. The molecule has 134 valence electrons. The Balaban J connectivity index is 1.50. The monoisotopic (exact) mass is 368 g/mol. The van der Waals surface area contributed by atoms with Crippen molar-refractivity contribution in [3.8, 4) is 5.75 Å². The van der Waals surface area contributed by atoms with Gasteiger partial charge in [0.1, 0.15) is 5.75 Å². The Morgan fingerprint density at radius 1 is 1.31 bits per heavy atom. The number of rotatable bonds is 2. The third-order valence-corrected chi connectivity index (χ3v) is 5.94. The normalized spacial score (nSPS) is 20.0. The predicted octanol–water partition coefficient (Wildman–Crippen LogP) is 2.37. The van der Waals surface area contributed by atoms with Gasteiger partial charge in [-0.15, -0.1) is 11.3 Å². The van der Waals surface area contributed by atoms with Crippen LogP contribution in [0.1, 0.15) is 17.0 Å². The summed E-state index contributed by atoms with van der Waals surface area (Å²) in [7, 11) is 0. The van der Waals surface area contributed by atoms with Gasteiger partial charge in [0.25, 0.3) is 0 Å². The summed E-state index contributed by atoms with van der Waals surface area (Å²) in [6.45, 7) is 5.98. The third-order valence-electron chi connectivity index (χ3n) is 4.98. The maximum Gasteiger partial charge on any atom is 0.226 e. The number of aryl methyl sites for hydroxylation is 1. The van der Waals surface area contributed by atoms with E-state index in [0.29, 0.717) is 5.57 Å². The summed E-state index contributed by atoms with van der Waals surface area (Å²) in [5.74, 6) is 0.717. The van der Waals surface area contributed by atoms with Crippen LogP contribution in [0.15, 0.2) is 29.8 Å². The summed E-state index contributed by atoms with van der Waals surface area (Å²) >= 11 is 1.59. The van der Waals surface area contributed by atoms with Crippen LogP contribution >= 0.6 is 11.3 Å². The van der Waals surface area contributed by atoms with Crippen LogP contribution in [0.25, 0.3) is 16.6 Å². The first kappa shape index (κ1) is 15.9. The molecule has 0 aliphatic carbocycles. The van der Waals surface area contributed by atoms with Crippen LogP contribution in [0.3, 0.4) is 0 Å². The van der Waals surface area contributed by atoms with Gasteiger partial charge in [-0.25, -0.2) is 4.98 Å². The van der Waals surface area contributed by atoms with E-state index in [4.69, 9.17) is 4.74 Å². The van der Waals surface area contributed by atoms with E-state index in [9.17, 15) is 5.11 Å². The molecule has 2 aliphatic heterocycles. The molecule has 0 spiro atoms. The quantitative estimate of drug-likeness (QED) is 0.727. The molecule has 2 aliphatic rings. The highest BCUT2D eigenvalue weighted by Gasteiger charge is 2.25. The van der Waals surface area contributed by atoms with E-state index in [1.807, 2.05) is 29.7 Å². The van der Waals surface area contributed by atoms with Crippen LogP contribution in [0.4, 0.5) is 5.69 Å². The fourth-order valence-corrected chi connectivity index (χ4v) is 4.37. The number of ether oxygens (including phenoxy) is 1. The zero-order valence-corrected chi connectivity index (χ0v) is 15.3. The number of anilines is 1. The first-order valence-electron chi connectivity index (χ1n) is 8.79. The summed E-state index contributed by atoms with van der Waals surface area (Å²) in [6, 6.07) is 6.20. The molecule has 4 heterocycles. The van der Waals surface area contributed by atoms with Crippen LogP contribution in [0.5, 0.6) is 5.75 Å². The van der Waals surface area contributed by atoms with Gasteiger partial charge in [0, 0.05) is 66.3 Å². The van der Waals surface area contributed by atoms with Gasteiger partial charge < -0.3 is 20.1 Å². The molecule has 6 nitrogen and oxygen atoms in total. The minimum absolute atomic E-state index is 0.697. The molecule has 2 N–H and O–H groups in total. The van der Waals surface area contributed by atoms with E-state index in [-0.39, 0.29) is 0 Å². The number of nitrogens with zero attached hydrogens (tertiary/aromatic N) is 3. The van der Waals surface area contributed by atoms with E-state index < -0.39 is 6.29 Å². The van der Waals surface area contributed by atoms with Crippen molar-refractivity contribution in [3.63, 3.8) is 0 Å². The van der Waals surface area contributed by atoms with Crippen LogP contribution in [-0.2, 0) is 0 Å². The van der Waals surface area contributed by atoms with Crippen LogP contribution in [-0.4, -0.2) is 47.0 Å². The molecule has 2 aromatic heterocycles. The average Bonchev–Trinajstić information content (AvgIpc) is 3.23. The number of aliphatic hydroxyl groups excluding tert-OH is 1. The van der Waals surface area contributed by atoms with E-state index in [2.05, 4.69) is 32.7 Å². The molecule has 1 saturated heterocycles. The molecule has 5 rings (SSSR count). The van der Waals surface area contributed by atoms with Gasteiger partial charge in [0.05, 0.1) is 5.69 Å². The minimum Gasteiger partial charge on any atom is -0.460 e. The van der Waals surface area contributed by atoms with Crippen LogP contribution < -0.4 is 15.0 Å². The fraction of sp³-hybridized carbons (Fsp3) is 0.316. The number of benzene rings is 1. The summed E-state index contributed by atoms with van der Waals surface area (Å²) in [5.41, 5.74) is 4.69. The molecule has 1 unspecified atom stereocenters. The number of hydrogen-bond donors (Lipinski definition) is 2. The molecule has 3 aromatic rings. The van der Waals surface area contributed by atoms with Crippen molar-refractivity contribution in [2.24, 2.45) is 0 Å². The van der Waals surface area contributed by atoms with Crippen molar-refractivity contribution in [2.45, 2.75) is 13.2 Å². The van der Waals surface area contributed by atoms with Gasteiger partial charge in [-0.2, -0.15) is 0 Å². The molecule has 1 fully saturated rings. The maximum atomic E-state index is 10.5. The van der Waals surface area contributed by atoms with Gasteiger partial charge in [-0.3, -0.25) is 4.40 Å². The highest BCUT2D eigenvalue weighted by Crippen LogP contribution is 2.36. The van der Waals surface area contributed by atoms with Crippen molar-refractivity contribution < 1.29 is 9.84 Å². The largest absolute Gasteiger partial charge is 0.460 e. The van der Waals surface area contributed by atoms with Gasteiger partial charge >= 0.3 is 0 Å². The Bertz CT molecular complexity index is 1000. The molecule has 0 amide bonds. The lowest BCUT2D eigenvalue weighted by atomic mass is 10.0. The second-order valence-electron chi connectivity index (χ2n) is 6.68. The number of fused-ring (bicyclic) bond motifs is 2. The lowest BCUT2D eigenvalue weighted by Crippen LogP contribution is -2.43. The highest BCUT2D eigenvalue weighted by atomic mass is 32.1. The molecule has 0 bridgehead atoms. The van der Waals surface area contributed by atoms with Crippen LogP contribution in [0, 0.1) is 6.92 Å². The van der Waals surface area contributed by atoms with Gasteiger partial charge in [-0.1, -0.05) is 0 Å². The molecule has 0 radical (unpaired) electrons. The molecule has 0 saturated carbocycles. The van der Waals surface area contributed by atoms with Gasteiger partial charge in [-0.05, 0) is 25.1 Å². The predicted molar refractivity (Wildman–Crippen MR) is 104 cm³/mol. The highest BCUT2D eigenvalue weighted by molar-refractivity contribution is 7.15. The number of aliphatic hydroxyl groups is 1. The van der Waals surface area contributed by atoms with Gasteiger partial charge in [0.15, 0.2) is 4.96 Å². The summed E-state index contributed by atoms with van der Waals surface area (Å²) in [4.78, 5) is 7.88. The van der Waals surface area contributed by atoms with E-state index in [1.165, 1.54) is 0 Å². The number of hydrogen-bond acceptors (Lipinski definition) is 6. The molecular weight excluding hydrogens is 348 g/mol. The number of thiazole rings is 1. The Morgan fingerprint density at radius 3 is 2.96 bits per heavy atom. The minimum atomic E-state index is -1.01. The summed E-state index contributed by atoms with van der Waals surface area (Å²) < 4.78 is 7.87. The number of aromatic nitrogens is 2. The van der Waals surface area contributed by atoms with Crippen molar-refractivity contribution in [2.75, 3.05) is 31.1 Å². The smallest absolute Gasteiger partial charge is 0.226 e. The van der Waals surface area contributed by atoms with Crippen molar-refractivity contribution >= 4 is 33.6 Å². The first-order chi connectivity index (χ1) is 12.7. The standard InChI is InChI=1S/C19H20N4O2S/c1-12-11-26-19-21-16(10-23(12)19)15-8-13-2-3-14(9-17(13)25-18(15)24)22-6-4-20-5-7-22/h2-3,8-11,18,20,24H,4-7H2,1H3. The fourth-order valence-electron chi connectivity index (χ4n) is 3.52. The van der Waals surface area contributed by atoms with E-state index in [0.717, 1.165) is 59.5 Å². The average molecular weight is 368 g/mol. The molecular formula is C19H20N4O2S. The number of nitrogens with one attached hydrogen (secondary N) is 1. The molecule has 7 heteroatoms. The van der Waals surface area contributed by atoms with Crippen molar-refractivity contribution in [1.29, 1.82) is 0 Å². The van der Waals surface area contributed by atoms with Gasteiger partial charge in [0.2, 0.25) is 6.29 Å². The molecule has 1 atom stereocenters. The maximum absolute atomic E-state index is 10.5. The van der Waals surface area contributed by atoms with E-state index in [1.54, 1.807) is 11.3 Å².